The Labute approximate surface area is 155 Å². The molecule has 8 heteroatoms. The summed E-state index contributed by atoms with van der Waals surface area (Å²) in [6, 6.07) is 3.92. The van der Waals surface area contributed by atoms with Crippen molar-refractivity contribution in [2.75, 3.05) is 6.61 Å². The van der Waals surface area contributed by atoms with Crippen LogP contribution in [0.25, 0.3) is 0 Å². The van der Waals surface area contributed by atoms with Gasteiger partial charge < -0.3 is 10.1 Å². The van der Waals surface area contributed by atoms with Crippen molar-refractivity contribution in [1.29, 1.82) is 0 Å². The lowest BCUT2D eigenvalue weighted by Gasteiger charge is -2.35. The summed E-state index contributed by atoms with van der Waals surface area (Å²) in [5.74, 6) is -1.49. The molecule has 1 atom stereocenters. The molecular weight excluding hydrogens is 370 g/mol. The molecule has 0 bridgehead atoms. The monoisotopic (exact) mass is 391 g/mol. The van der Waals surface area contributed by atoms with E-state index in [1.165, 1.54) is 18.2 Å². The van der Waals surface area contributed by atoms with Crippen LogP contribution in [0.2, 0.25) is 0 Å². The van der Waals surface area contributed by atoms with Gasteiger partial charge in [0.25, 0.3) is 0 Å². The van der Waals surface area contributed by atoms with Gasteiger partial charge in [0.2, 0.25) is 0 Å². The highest BCUT2D eigenvalue weighted by atomic mass is 32.1. The van der Waals surface area contributed by atoms with Crippen molar-refractivity contribution in [3.8, 4) is 0 Å². The Morgan fingerprint density at radius 1 is 1.31 bits per heavy atom. The lowest BCUT2D eigenvalue weighted by Crippen LogP contribution is -2.45. The molecule has 1 aromatic carbocycles. The molecule has 26 heavy (non-hydrogen) atoms. The van der Waals surface area contributed by atoms with E-state index in [0.717, 1.165) is 0 Å². The summed E-state index contributed by atoms with van der Waals surface area (Å²) >= 11 is 5.21. The van der Waals surface area contributed by atoms with Gasteiger partial charge in [-0.15, -0.1) is 0 Å². The van der Waals surface area contributed by atoms with Gasteiger partial charge in [-0.05, 0) is 32.4 Å². The van der Waals surface area contributed by atoms with Gasteiger partial charge in [0.15, 0.2) is 0 Å². The first kappa shape index (κ1) is 20.8. The zero-order valence-electron chi connectivity index (χ0n) is 14.8. The van der Waals surface area contributed by atoms with Crippen molar-refractivity contribution < 1.29 is 27.1 Å². The van der Waals surface area contributed by atoms with E-state index >= 15 is 0 Å². The number of hydrogen-bond acceptors (Lipinski definition) is 3. The van der Waals surface area contributed by atoms with E-state index in [1.54, 1.807) is 6.92 Å². The molecule has 144 valence electrons. The first-order chi connectivity index (χ1) is 11.8. The van der Waals surface area contributed by atoms with Crippen LogP contribution < -0.4 is 5.32 Å². The van der Waals surface area contributed by atoms with Crippen LogP contribution >= 0.6 is 12.2 Å². The van der Waals surface area contributed by atoms with E-state index in [9.17, 15) is 22.4 Å². The summed E-state index contributed by atoms with van der Waals surface area (Å²) in [6.45, 7) is 5.67. The number of carbonyl (C=O) groups excluding carboxylic acids is 1. The standard InChI is InChI=1S/C18H21F4NO2S/c1-16(2)10-17(3,23-15(26)9-25-16)13-7-11(4-5-14(13)19)6-12(24)8-18(20,21)22/h4-5,7H,6,8-10H2,1-3H3,(H,23,26)/t17-/m0/s1. The smallest absolute Gasteiger partial charge is 0.368 e. The highest BCUT2D eigenvalue weighted by Gasteiger charge is 2.40. The highest BCUT2D eigenvalue weighted by Crippen LogP contribution is 2.36. The van der Waals surface area contributed by atoms with Gasteiger partial charge >= 0.3 is 6.18 Å². The number of thiocarbonyl (C=S) groups is 1. The molecule has 1 heterocycles. The second kappa shape index (κ2) is 7.23. The van der Waals surface area contributed by atoms with Crippen molar-refractivity contribution in [2.45, 2.75) is 57.3 Å². The zero-order chi connectivity index (χ0) is 19.8. The third-order valence-corrected chi connectivity index (χ3v) is 4.43. The molecule has 3 nitrogen and oxygen atoms in total. The number of hydrogen-bond donors (Lipinski definition) is 1. The average molecular weight is 391 g/mol. The third-order valence-electron chi connectivity index (χ3n) is 4.21. The van der Waals surface area contributed by atoms with E-state index in [1.807, 2.05) is 13.8 Å². The molecule has 0 amide bonds. The van der Waals surface area contributed by atoms with Crippen molar-refractivity contribution in [3.05, 3.63) is 35.1 Å². The Morgan fingerprint density at radius 3 is 2.58 bits per heavy atom. The van der Waals surface area contributed by atoms with E-state index in [2.05, 4.69) is 5.32 Å². The Balaban J connectivity index is 2.33. The molecule has 0 radical (unpaired) electrons. The number of nitrogens with one attached hydrogen (secondary N) is 1. The predicted molar refractivity (Wildman–Crippen MR) is 93.5 cm³/mol. The van der Waals surface area contributed by atoms with E-state index in [0.29, 0.717) is 17.0 Å². The average Bonchev–Trinajstić information content (AvgIpc) is 2.54. The van der Waals surface area contributed by atoms with Gasteiger partial charge in [-0.1, -0.05) is 24.4 Å². The van der Waals surface area contributed by atoms with Crippen LogP contribution in [-0.4, -0.2) is 29.2 Å². The molecule has 0 spiro atoms. The molecular formula is C18H21F4NO2S. The maximum absolute atomic E-state index is 14.5. The number of benzene rings is 1. The van der Waals surface area contributed by atoms with Crippen molar-refractivity contribution >= 4 is 23.0 Å². The summed E-state index contributed by atoms with van der Waals surface area (Å²) in [5.41, 5.74) is -0.926. The van der Waals surface area contributed by atoms with Gasteiger partial charge in [-0.3, -0.25) is 4.79 Å². The number of ether oxygens (including phenoxy) is 1. The van der Waals surface area contributed by atoms with Crippen LogP contribution in [0.5, 0.6) is 0 Å². The van der Waals surface area contributed by atoms with Crippen LogP contribution in [-0.2, 0) is 21.5 Å². The molecule has 1 aromatic rings. The highest BCUT2D eigenvalue weighted by molar-refractivity contribution is 7.80. The second-order valence-corrected chi connectivity index (χ2v) is 7.92. The van der Waals surface area contributed by atoms with E-state index in [4.69, 9.17) is 17.0 Å². The van der Waals surface area contributed by atoms with Crippen molar-refractivity contribution in [3.63, 3.8) is 0 Å². The molecule has 1 aliphatic rings. The van der Waals surface area contributed by atoms with Crippen molar-refractivity contribution in [1.82, 2.24) is 5.32 Å². The fraction of sp³-hybridized carbons (Fsp3) is 0.556. The van der Waals surface area contributed by atoms with Crippen LogP contribution in [0.15, 0.2) is 18.2 Å². The molecule has 2 rings (SSSR count). The van der Waals surface area contributed by atoms with Gasteiger partial charge in [0.05, 0.1) is 17.7 Å². The molecule has 0 unspecified atom stereocenters. The minimum Gasteiger partial charge on any atom is -0.368 e. The van der Waals surface area contributed by atoms with Crippen molar-refractivity contribution in [2.24, 2.45) is 0 Å². The molecule has 1 fully saturated rings. The molecule has 1 saturated heterocycles. The first-order valence-electron chi connectivity index (χ1n) is 8.12. The molecule has 1 aliphatic heterocycles. The molecule has 0 aliphatic carbocycles. The zero-order valence-corrected chi connectivity index (χ0v) is 15.6. The summed E-state index contributed by atoms with van der Waals surface area (Å²) in [5, 5.41) is 3.09. The molecule has 0 aromatic heterocycles. The third kappa shape index (κ3) is 5.48. The van der Waals surface area contributed by atoms with E-state index < -0.39 is 41.8 Å². The number of ketones is 1. The van der Waals surface area contributed by atoms with Crippen LogP contribution in [0.3, 0.4) is 0 Å². The summed E-state index contributed by atoms with van der Waals surface area (Å²) in [7, 11) is 0. The quantitative estimate of drug-likeness (QED) is 0.616. The minimum atomic E-state index is -4.55. The lowest BCUT2D eigenvalue weighted by atomic mass is 9.81. The summed E-state index contributed by atoms with van der Waals surface area (Å²) < 4.78 is 57.3. The Morgan fingerprint density at radius 2 is 1.96 bits per heavy atom. The molecule has 1 N–H and O–H groups in total. The Bertz CT molecular complexity index is 718. The first-order valence-corrected chi connectivity index (χ1v) is 8.53. The van der Waals surface area contributed by atoms with Crippen LogP contribution in [0.4, 0.5) is 17.6 Å². The number of Topliss-reactive ketones (excluding diaryl/α,β-unsaturated/α-hetero) is 1. The fourth-order valence-electron chi connectivity index (χ4n) is 3.33. The SMILES string of the molecule is CC1(C)C[C@@](C)(c2cc(CC(=O)CC(F)(F)F)ccc2F)NC(=S)CO1. The fourth-order valence-corrected chi connectivity index (χ4v) is 3.62. The molecule has 0 saturated carbocycles. The van der Waals surface area contributed by atoms with Gasteiger partial charge in [0, 0.05) is 18.4 Å². The number of carbonyl (C=O) groups is 1. The largest absolute Gasteiger partial charge is 0.395 e. The lowest BCUT2D eigenvalue weighted by molar-refractivity contribution is -0.151. The number of rotatable bonds is 4. The summed E-state index contributed by atoms with van der Waals surface area (Å²) in [4.78, 5) is 12.0. The number of alkyl halides is 3. The van der Waals surface area contributed by atoms with Gasteiger partial charge in [0.1, 0.15) is 23.0 Å². The van der Waals surface area contributed by atoms with Gasteiger partial charge in [-0.2, -0.15) is 13.2 Å². The maximum Gasteiger partial charge on any atom is 0.395 e. The Hall–Kier alpha value is -1.54. The second-order valence-electron chi connectivity index (χ2n) is 7.43. The van der Waals surface area contributed by atoms with Crippen LogP contribution in [0.1, 0.15) is 44.7 Å². The topological polar surface area (TPSA) is 38.3 Å². The van der Waals surface area contributed by atoms with Gasteiger partial charge in [-0.25, -0.2) is 4.39 Å². The van der Waals surface area contributed by atoms with Crippen LogP contribution in [0, 0.1) is 5.82 Å². The normalized spacial score (nSPS) is 23.3. The summed E-state index contributed by atoms with van der Waals surface area (Å²) in [6.07, 6.45) is -6.08. The number of halogens is 4. The minimum absolute atomic E-state index is 0.198. The Kier molecular flexibility index (Phi) is 5.77. The maximum atomic E-state index is 14.5. The van der Waals surface area contributed by atoms with E-state index in [-0.39, 0.29) is 12.2 Å². The predicted octanol–water partition coefficient (Wildman–Crippen LogP) is 4.22.